The summed E-state index contributed by atoms with van der Waals surface area (Å²) in [4.78, 5) is 42.5. The SMILES string of the molecule is CC(=O)N1[C@H]2NC(=O)C[C@@]2(C)C[C@H]1c1ccccc1OC(=O)c1ccc(Cl)nc1. The van der Waals surface area contributed by atoms with Crippen molar-refractivity contribution in [3.63, 3.8) is 0 Å². The molecular weight excluding hydrogens is 394 g/mol. The number of carbonyl (C=O) groups excluding carboxylic acids is 3. The van der Waals surface area contributed by atoms with Gasteiger partial charge in [-0.1, -0.05) is 36.7 Å². The standard InChI is InChI=1S/C21H20ClN3O4/c1-12(26)25-15(9-21(2)10-18(27)24-20(21)25)14-5-3-4-6-16(14)29-19(28)13-7-8-17(22)23-11-13/h3-8,11,15,20H,9-10H2,1-2H3,(H,24,27)/t15-,20+,21+/m0/s1. The molecule has 2 aliphatic rings. The molecule has 2 aliphatic heterocycles. The fraction of sp³-hybridized carbons (Fsp3) is 0.333. The van der Waals surface area contributed by atoms with Crippen LogP contribution in [0, 0.1) is 5.41 Å². The van der Waals surface area contributed by atoms with Crippen LogP contribution in [0.25, 0.3) is 0 Å². The summed E-state index contributed by atoms with van der Waals surface area (Å²) in [5.74, 6) is -0.390. The number of ether oxygens (including phenoxy) is 1. The van der Waals surface area contributed by atoms with E-state index in [1.54, 1.807) is 23.1 Å². The third-order valence-corrected chi connectivity index (χ3v) is 5.83. The van der Waals surface area contributed by atoms with E-state index in [0.717, 1.165) is 5.56 Å². The van der Waals surface area contributed by atoms with E-state index in [1.807, 2.05) is 19.1 Å². The number of hydrogen-bond donors (Lipinski definition) is 1. The fourth-order valence-electron chi connectivity index (χ4n) is 4.32. The predicted octanol–water partition coefficient (Wildman–Crippen LogP) is 3.10. The average molecular weight is 414 g/mol. The molecule has 0 aliphatic carbocycles. The lowest BCUT2D eigenvalue weighted by atomic mass is 9.83. The molecule has 1 aromatic carbocycles. The first-order valence-corrected chi connectivity index (χ1v) is 9.67. The number of halogens is 1. The van der Waals surface area contributed by atoms with Crippen LogP contribution in [0.2, 0.25) is 5.15 Å². The molecule has 2 amide bonds. The number of esters is 1. The summed E-state index contributed by atoms with van der Waals surface area (Å²) < 4.78 is 5.64. The number of hydrogen-bond acceptors (Lipinski definition) is 5. The monoisotopic (exact) mass is 413 g/mol. The van der Waals surface area contributed by atoms with E-state index in [1.165, 1.54) is 19.2 Å². The van der Waals surface area contributed by atoms with Crippen LogP contribution >= 0.6 is 11.6 Å². The second kappa shape index (κ2) is 7.15. The van der Waals surface area contributed by atoms with Gasteiger partial charge < -0.3 is 15.0 Å². The summed E-state index contributed by atoms with van der Waals surface area (Å²) in [5.41, 5.74) is 0.628. The number of amides is 2. The lowest BCUT2D eigenvalue weighted by Crippen LogP contribution is -2.46. The van der Waals surface area contributed by atoms with Crippen LogP contribution in [0.15, 0.2) is 42.6 Å². The Morgan fingerprint density at radius 1 is 1.28 bits per heavy atom. The minimum absolute atomic E-state index is 0.0582. The number of fused-ring (bicyclic) bond motifs is 1. The summed E-state index contributed by atoms with van der Waals surface area (Å²) in [7, 11) is 0. The number of nitrogens with one attached hydrogen (secondary N) is 1. The molecule has 3 atom stereocenters. The van der Waals surface area contributed by atoms with Gasteiger partial charge in [0.15, 0.2) is 0 Å². The van der Waals surface area contributed by atoms with Gasteiger partial charge in [-0.2, -0.15) is 0 Å². The topological polar surface area (TPSA) is 88.6 Å². The molecule has 4 rings (SSSR count). The van der Waals surface area contributed by atoms with Crippen molar-refractivity contribution in [2.24, 2.45) is 5.41 Å². The molecular formula is C21H20ClN3O4. The molecule has 3 heterocycles. The van der Waals surface area contributed by atoms with E-state index in [4.69, 9.17) is 16.3 Å². The van der Waals surface area contributed by atoms with Gasteiger partial charge >= 0.3 is 5.97 Å². The van der Waals surface area contributed by atoms with Gasteiger partial charge in [0.25, 0.3) is 0 Å². The summed E-state index contributed by atoms with van der Waals surface area (Å²) in [5, 5.41) is 3.20. The maximum atomic E-state index is 12.6. The van der Waals surface area contributed by atoms with Crippen LogP contribution in [0.3, 0.4) is 0 Å². The normalized spacial score (nSPS) is 25.5. The van der Waals surface area contributed by atoms with Crippen molar-refractivity contribution in [3.8, 4) is 5.75 Å². The molecule has 0 spiro atoms. The van der Waals surface area contributed by atoms with Gasteiger partial charge in [0, 0.05) is 30.5 Å². The first-order chi connectivity index (χ1) is 13.8. The first kappa shape index (κ1) is 19.4. The van der Waals surface area contributed by atoms with Gasteiger partial charge in [0.2, 0.25) is 11.8 Å². The Labute approximate surface area is 173 Å². The van der Waals surface area contributed by atoms with Gasteiger partial charge in [-0.05, 0) is 24.6 Å². The quantitative estimate of drug-likeness (QED) is 0.474. The second-order valence-electron chi connectivity index (χ2n) is 7.74. The number of nitrogens with zero attached hydrogens (tertiary/aromatic N) is 2. The van der Waals surface area contributed by atoms with Crippen molar-refractivity contribution < 1.29 is 19.1 Å². The minimum Gasteiger partial charge on any atom is -0.423 e. The molecule has 2 aromatic rings. The van der Waals surface area contributed by atoms with E-state index in [2.05, 4.69) is 10.3 Å². The van der Waals surface area contributed by atoms with Crippen LogP contribution in [0.5, 0.6) is 5.75 Å². The maximum Gasteiger partial charge on any atom is 0.345 e. The highest BCUT2D eigenvalue weighted by Gasteiger charge is 2.56. The largest absolute Gasteiger partial charge is 0.423 e. The Morgan fingerprint density at radius 3 is 2.72 bits per heavy atom. The molecule has 2 saturated heterocycles. The molecule has 1 N–H and O–H groups in total. The molecule has 29 heavy (non-hydrogen) atoms. The average Bonchev–Trinajstić information content (AvgIpc) is 3.10. The molecule has 150 valence electrons. The number of benzene rings is 1. The van der Waals surface area contributed by atoms with Crippen molar-refractivity contribution in [1.29, 1.82) is 0 Å². The Morgan fingerprint density at radius 2 is 2.03 bits per heavy atom. The number of rotatable bonds is 3. The van der Waals surface area contributed by atoms with E-state index in [-0.39, 0.29) is 40.2 Å². The van der Waals surface area contributed by atoms with E-state index < -0.39 is 5.97 Å². The van der Waals surface area contributed by atoms with Crippen LogP contribution in [-0.4, -0.2) is 33.8 Å². The number of pyridine rings is 1. The second-order valence-corrected chi connectivity index (χ2v) is 8.13. The van der Waals surface area contributed by atoms with Crippen LogP contribution in [-0.2, 0) is 9.59 Å². The van der Waals surface area contributed by atoms with E-state index in [0.29, 0.717) is 18.6 Å². The summed E-state index contributed by atoms with van der Waals surface area (Å²) in [6, 6.07) is 9.89. The van der Waals surface area contributed by atoms with Crippen molar-refractivity contribution in [2.75, 3.05) is 0 Å². The third kappa shape index (κ3) is 3.46. The molecule has 0 radical (unpaired) electrons. The zero-order chi connectivity index (χ0) is 20.8. The number of para-hydroxylation sites is 1. The summed E-state index contributed by atoms with van der Waals surface area (Å²) in [6.45, 7) is 3.48. The minimum atomic E-state index is -0.561. The van der Waals surface area contributed by atoms with Gasteiger partial charge in [-0.15, -0.1) is 0 Å². The molecule has 7 nitrogen and oxygen atoms in total. The van der Waals surface area contributed by atoms with Crippen LogP contribution < -0.4 is 10.1 Å². The number of likely N-dealkylation sites (tertiary alicyclic amines) is 1. The highest BCUT2D eigenvalue weighted by atomic mass is 35.5. The Hall–Kier alpha value is -2.93. The van der Waals surface area contributed by atoms with Crippen molar-refractivity contribution in [2.45, 2.75) is 38.9 Å². The van der Waals surface area contributed by atoms with Gasteiger partial charge in [-0.25, -0.2) is 9.78 Å². The number of aromatic nitrogens is 1. The van der Waals surface area contributed by atoms with Crippen molar-refractivity contribution in [1.82, 2.24) is 15.2 Å². The third-order valence-electron chi connectivity index (χ3n) is 5.60. The molecule has 1 aromatic heterocycles. The predicted molar refractivity (Wildman–Crippen MR) is 105 cm³/mol. The zero-order valence-electron chi connectivity index (χ0n) is 16.0. The molecule has 2 fully saturated rings. The smallest absolute Gasteiger partial charge is 0.345 e. The Balaban J connectivity index is 1.66. The number of carbonyl (C=O) groups is 3. The van der Waals surface area contributed by atoms with Gasteiger partial charge in [0.05, 0.1) is 11.6 Å². The van der Waals surface area contributed by atoms with Gasteiger partial charge in [0.1, 0.15) is 17.1 Å². The summed E-state index contributed by atoms with van der Waals surface area (Å²) in [6.07, 6.45) is 1.93. The lowest BCUT2D eigenvalue weighted by Gasteiger charge is -2.30. The highest BCUT2D eigenvalue weighted by Crippen LogP contribution is 2.52. The Bertz CT molecular complexity index is 994. The van der Waals surface area contributed by atoms with Crippen LogP contribution in [0.1, 0.15) is 48.7 Å². The first-order valence-electron chi connectivity index (χ1n) is 9.29. The molecule has 8 heteroatoms. The lowest BCUT2D eigenvalue weighted by molar-refractivity contribution is -0.133. The van der Waals surface area contributed by atoms with Gasteiger partial charge in [-0.3, -0.25) is 9.59 Å². The van der Waals surface area contributed by atoms with Crippen molar-refractivity contribution in [3.05, 3.63) is 58.9 Å². The molecule has 0 bridgehead atoms. The molecule has 0 saturated carbocycles. The van der Waals surface area contributed by atoms with Crippen molar-refractivity contribution >= 4 is 29.4 Å². The highest BCUT2D eigenvalue weighted by molar-refractivity contribution is 6.29. The molecule has 0 unspecified atom stereocenters. The maximum absolute atomic E-state index is 12.6. The van der Waals surface area contributed by atoms with E-state index >= 15 is 0 Å². The fourth-order valence-corrected chi connectivity index (χ4v) is 4.43. The van der Waals surface area contributed by atoms with E-state index in [9.17, 15) is 14.4 Å². The zero-order valence-corrected chi connectivity index (χ0v) is 16.8. The van der Waals surface area contributed by atoms with Crippen LogP contribution in [0.4, 0.5) is 0 Å². The summed E-state index contributed by atoms with van der Waals surface area (Å²) >= 11 is 5.77. The Kier molecular flexibility index (Phi) is 4.78.